The predicted octanol–water partition coefficient (Wildman–Crippen LogP) is 5.75. The van der Waals surface area contributed by atoms with E-state index in [1.54, 1.807) is 42.5 Å². The van der Waals surface area contributed by atoms with Gasteiger partial charge in [-0.1, -0.05) is 41.1 Å². The summed E-state index contributed by atoms with van der Waals surface area (Å²) in [6, 6.07) is 14.8. The second-order valence-corrected chi connectivity index (χ2v) is 8.39. The standard InChI is InChI=1S/C26H16ClF3N6O/c27-21-9-2-1-7-19(21)25(37)20-8-4-10-33-22(20)23-24(17-12-31-15-32-13-17)36(35-34-23)14-16-5-3-6-18(11-16)26(28,29)30/h1-13,15H,14H2. The summed E-state index contributed by atoms with van der Waals surface area (Å²) in [4.78, 5) is 25.9. The molecule has 0 amide bonds. The molecular weight excluding hydrogens is 505 g/mol. The Morgan fingerprint density at radius 1 is 0.919 bits per heavy atom. The van der Waals surface area contributed by atoms with Crippen molar-refractivity contribution in [2.45, 2.75) is 12.7 Å². The van der Waals surface area contributed by atoms with E-state index in [4.69, 9.17) is 11.6 Å². The normalized spacial score (nSPS) is 11.5. The maximum Gasteiger partial charge on any atom is 0.416 e. The molecule has 7 nitrogen and oxygen atoms in total. The minimum absolute atomic E-state index is 0.0260. The van der Waals surface area contributed by atoms with E-state index < -0.39 is 11.7 Å². The highest BCUT2D eigenvalue weighted by Gasteiger charge is 2.30. The zero-order valence-corrected chi connectivity index (χ0v) is 19.6. The average Bonchev–Trinajstić information content (AvgIpc) is 3.32. The van der Waals surface area contributed by atoms with E-state index in [0.717, 1.165) is 12.1 Å². The summed E-state index contributed by atoms with van der Waals surface area (Å²) < 4.78 is 41.2. The first-order valence-corrected chi connectivity index (χ1v) is 11.3. The lowest BCUT2D eigenvalue weighted by molar-refractivity contribution is -0.137. The number of carbonyl (C=O) groups is 1. The van der Waals surface area contributed by atoms with Gasteiger partial charge in [0.15, 0.2) is 5.78 Å². The fourth-order valence-corrected chi connectivity index (χ4v) is 4.10. The number of aromatic nitrogens is 6. The van der Waals surface area contributed by atoms with Crippen LogP contribution in [-0.4, -0.2) is 35.7 Å². The van der Waals surface area contributed by atoms with Gasteiger partial charge in [0.2, 0.25) is 0 Å². The maximum atomic E-state index is 13.4. The first kappa shape index (κ1) is 24.3. The second-order valence-electron chi connectivity index (χ2n) is 7.98. The Balaban J connectivity index is 1.64. The van der Waals surface area contributed by atoms with E-state index in [-0.39, 0.29) is 34.3 Å². The van der Waals surface area contributed by atoms with Gasteiger partial charge < -0.3 is 0 Å². The molecule has 0 atom stereocenters. The van der Waals surface area contributed by atoms with E-state index in [1.807, 2.05) is 0 Å². The number of nitrogens with zero attached hydrogens (tertiary/aromatic N) is 6. The third-order valence-electron chi connectivity index (χ3n) is 5.55. The Morgan fingerprint density at radius 3 is 2.43 bits per heavy atom. The van der Waals surface area contributed by atoms with Gasteiger partial charge in [-0.25, -0.2) is 14.6 Å². The number of hydrogen-bond acceptors (Lipinski definition) is 6. The molecule has 0 aliphatic heterocycles. The molecule has 0 aliphatic rings. The Labute approximate surface area is 213 Å². The summed E-state index contributed by atoms with van der Waals surface area (Å²) in [7, 11) is 0. The molecule has 3 heterocycles. The summed E-state index contributed by atoms with van der Waals surface area (Å²) >= 11 is 6.26. The molecule has 37 heavy (non-hydrogen) atoms. The van der Waals surface area contributed by atoms with Crippen LogP contribution in [0.2, 0.25) is 5.02 Å². The molecule has 0 spiro atoms. The van der Waals surface area contributed by atoms with Crippen molar-refractivity contribution in [1.82, 2.24) is 29.9 Å². The van der Waals surface area contributed by atoms with E-state index in [9.17, 15) is 18.0 Å². The number of alkyl halides is 3. The van der Waals surface area contributed by atoms with Gasteiger partial charge in [-0.3, -0.25) is 9.78 Å². The third kappa shape index (κ3) is 4.96. The molecule has 5 aromatic rings. The van der Waals surface area contributed by atoms with Crippen LogP contribution in [0.1, 0.15) is 27.0 Å². The van der Waals surface area contributed by atoms with Crippen LogP contribution in [-0.2, 0) is 12.7 Å². The van der Waals surface area contributed by atoms with Crippen LogP contribution in [0.15, 0.2) is 85.6 Å². The van der Waals surface area contributed by atoms with Gasteiger partial charge in [-0.2, -0.15) is 13.2 Å². The largest absolute Gasteiger partial charge is 0.416 e. The summed E-state index contributed by atoms with van der Waals surface area (Å²) in [5.41, 5.74) is 1.49. The molecule has 0 radical (unpaired) electrons. The molecule has 0 aliphatic carbocycles. The molecule has 184 valence electrons. The quantitative estimate of drug-likeness (QED) is 0.265. The summed E-state index contributed by atoms with van der Waals surface area (Å²) in [6.07, 6.45) is 1.42. The van der Waals surface area contributed by atoms with Crippen molar-refractivity contribution in [2.75, 3.05) is 0 Å². The first-order chi connectivity index (χ1) is 17.8. The number of pyridine rings is 1. The monoisotopic (exact) mass is 520 g/mol. The van der Waals surface area contributed by atoms with Crippen LogP contribution in [0.25, 0.3) is 22.6 Å². The Kier molecular flexibility index (Phi) is 6.49. The van der Waals surface area contributed by atoms with Gasteiger partial charge in [0.05, 0.1) is 22.7 Å². The molecule has 0 saturated heterocycles. The van der Waals surface area contributed by atoms with E-state index >= 15 is 0 Å². The van der Waals surface area contributed by atoms with Crippen LogP contribution < -0.4 is 0 Å². The van der Waals surface area contributed by atoms with Gasteiger partial charge >= 0.3 is 6.18 Å². The van der Waals surface area contributed by atoms with Crippen LogP contribution in [0.4, 0.5) is 13.2 Å². The lowest BCUT2D eigenvalue weighted by Crippen LogP contribution is -2.09. The zero-order valence-electron chi connectivity index (χ0n) is 18.9. The van der Waals surface area contributed by atoms with Crippen molar-refractivity contribution in [1.29, 1.82) is 0 Å². The smallest absolute Gasteiger partial charge is 0.288 e. The molecule has 0 saturated carbocycles. The predicted molar refractivity (Wildman–Crippen MR) is 130 cm³/mol. The summed E-state index contributed by atoms with van der Waals surface area (Å²) in [6.45, 7) is -0.0260. The zero-order chi connectivity index (χ0) is 26.0. The molecule has 2 aromatic carbocycles. The van der Waals surface area contributed by atoms with Crippen LogP contribution >= 0.6 is 11.6 Å². The minimum atomic E-state index is -4.48. The Morgan fingerprint density at radius 2 is 1.68 bits per heavy atom. The molecular formula is C26H16ClF3N6O. The lowest BCUT2D eigenvalue weighted by Gasteiger charge is -2.12. The highest BCUT2D eigenvalue weighted by atomic mass is 35.5. The fourth-order valence-electron chi connectivity index (χ4n) is 3.88. The fraction of sp³-hybridized carbons (Fsp3) is 0.0769. The molecule has 11 heteroatoms. The number of rotatable bonds is 6. The van der Waals surface area contributed by atoms with Crippen LogP contribution in [0.5, 0.6) is 0 Å². The molecule has 0 fully saturated rings. The van der Waals surface area contributed by atoms with Crippen molar-refractivity contribution in [3.8, 4) is 22.6 Å². The Bertz CT molecular complexity index is 1590. The molecule has 5 rings (SSSR count). The van der Waals surface area contributed by atoms with Crippen molar-refractivity contribution < 1.29 is 18.0 Å². The van der Waals surface area contributed by atoms with E-state index in [2.05, 4.69) is 25.3 Å². The minimum Gasteiger partial charge on any atom is -0.288 e. The first-order valence-electron chi connectivity index (χ1n) is 10.9. The van der Waals surface area contributed by atoms with Gasteiger partial charge in [0.1, 0.15) is 23.4 Å². The molecule has 0 N–H and O–H groups in total. The van der Waals surface area contributed by atoms with Crippen molar-refractivity contribution in [3.05, 3.63) is 113 Å². The van der Waals surface area contributed by atoms with Crippen LogP contribution in [0.3, 0.4) is 0 Å². The number of carbonyl (C=O) groups excluding carboxylic acids is 1. The number of ketones is 1. The second kappa shape index (κ2) is 9.90. The summed E-state index contributed by atoms with van der Waals surface area (Å²) in [5.74, 6) is -0.364. The van der Waals surface area contributed by atoms with Crippen molar-refractivity contribution in [2.24, 2.45) is 0 Å². The van der Waals surface area contributed by atoms with E-state index in [1.165, 1.54) is 35.7 Å². The lowest BCUT2D eigenvalue weighted by atomic mass is 9.99. The van der Waals surface area contributed by atoms with Crippen molar-refractivity contribution >= 4 is 17.4 Å². The Hall–Kier alpha value is -4.44. The van der Waals surface area contributed by atoms with Crippen LogP contribution in [0, 0.1) is 0 Å². The molecule has 3 aromatic heterocycles. The number of halogens is 4. The summed E-state index contributed by atoms with van der Waals surface area (Å²) in [5, 5.41) is 8.76. The van der Waals surface area contributed by atoms with Crippen molar-refractivity contribution in [3.63, 3.8) is 0 Å². The number of benzene rings is 2. The van der Waals surface area contributed by atoms with Gasteiger partial charge in [-0.15, -0.1) is 5.10 Å². The molecule has 0 bridgehead atoms. The number of hydrogen-bond donors (Lipinski definition) is 0. The topological polar surface area (TPSA) is 86.5 Å². The molecule has 0 unspecified atom stereocenters. The van der Waals surface area contributed by atoms with Gasteiger partial charge in [0, 0.05) is 29.7 Å². The van der Waals surface area contributed by atoms with E-state index in [0.29, 0.717) is 22.4 Å². The maximum absolute atomic E-state index is 13.4. The van der Waals surface area contributed by atoms with Gasteiger partial charge in [-0.05, 0) is 42.0 Å². The highest BCUT2D eigenvalue weighted by molar-refractivity contribution is 6.35. The highest BCUT2D eigenvalue weighted by Crippen LogP contribution is 2.33. The van der Waals surface area contributed by atoms with Gasteiger partial charge in [0.25, 0.3) is 0 Å². The SMILES string of the molecule is O=C(c1ccccc1Cl)c1cccnc1-c1nnn(Cc2cccc(C(F)(F)F)c2)c1-c1cncnc1. The average molecular weight is 521 g/mol. The third-order valence-corrected chi connectivity index (χ3v) is 5.88.